The van der Waals surface area contributed by atoms with E-state index in [2.05, 4.69) is 29.2 Å². The van der Waals surface area contributed by atoms with Gasteiger partial charge in [-0.3, -0.25) is 19.2 Å². The van der Waals surface area contributed by atoms with E-state index in [1.165, 1.54) is 4.90 Å². The maximum Gasteiger partial charge on any atom is 0.272 e. The number of likely N-dealkylation sites (N-methyl/N-ethyl adjacent to an activating group) is 1. The summed E-state index contributed by atoms with van der Waals surface area (Å²) < 4.78 is 1.91. The van der Waals surface area contributed by atoms with E-state index in [0.717, 1.165) is 31.7 Å². The van der Waals surface area contributed by atoms with Crippen molar-refractivity contribution in [2.75, 3.05) is 20.6 Å². The van der Waals surface area contributed by atoms with Gasteiger partial charge in [0.1, 0.15) is 6.04 Å². The normalized spacial score (nSPS) is 16.6. The first-order valence-corrected chi connectivity index (χ1v) is 8.12. The molecule has 0 fully saturated rings. The molecule has 0 bridgehead atoms. The van der Waals surface area contributed by atoms with Gasteiger partial charge < -0.3 is 10.2 Å². The minimum absolute atomic E-state index is 0.134. The molecule has 1 aliphatic rings. The molecule has 1 aromatic heterocycles. The summed E-state index contributed by atoms with van der Waals surface area (Å²) in [5.74, 6) is -0.436. The average Bonchev–Trinajstić information content (AvgIpc) is 2.77. The number of hydrogen-bond donors (Lipinski definition) is 1. The van der Waals surface area contributed by atoms with Crippen LogP contribution in [0.3, 0.4) is 0 Å². The zero-order valence-electron chi connectivity index (χ0n) is 14.7. The maximum atomic E-state index is 12.3. The second-order valence-corrected chi connectivity index (χ2v) is 6.59. The number of carbonyl (C=O) groups excluding carboxylic acids is 2. The Hall–Kier alpha value is -1.89. The van der Waals surface area contributed by atoms with E-state index in [-0.39, 0.29) is 11.8 Å². The van der Waals surface area contributed by atoms with Crippen molar-refractivity contribution in [2.45, 2.75) is 52.4 Å². The van der Waals surface area contributed by atoms with E-state index in [4.69, 9.17) is 0 Å². The largest absolute Gasteiger partial charge is 0.347 e. The lowest BCUT2D eigenvalue weighted by molar-refractivity contribution is -0.130. The molecule has 1 N–H and O–H groups in total. The van der Waals surface area contributed by atoms with E-state index >= 15 is 0 Å². The number of fused-ring (bicyclic) bond motifs is 1. The maximum absolute atomic E-state index is 12.3. The second kappa shape index (κ2) is 7.12. The predicted molar refractivity (Wildman–Crippen MR) is 88.0 cm³/mol. The van der Waals surface area contributed by atoms with Crippen LogP contribution in [0.2, 0.25) is 0 Å². The predicted octanol–water partition coefficient (Wildman–Crippen LogP) is 0.704. The number of nitrogens with zero attached hydrogens (tertiary/aromatic N) is 4. The van der Waals surface area contributed by atoms with Crippen molar-refractivity contribution in [3.8, 4) is 0 Å². The van der Waals surface area contributed by atoms with E-state index in [9.17, 15) is 9.59 Å². The van der Waals surface area contributed by atoms with Crippen LogP contribution in [0.4, 0.5) is 0 Å². The molecule has 0 saturated carbocycles. The van der Waals surface area contributed by atoms with Crippen LogP contribution in [-0.2, 0) is 17.9 Å². The Morgan fingerprint density at radius 3 is 2.57 bits per heavy atom. The molecule has 1 aromatic rings. The van der Waals surface area contributed by atoms with Crippen LogP contribution >= 0.6 is 0 Å². The number of carbonyl (C=O) groups is 2. The Morgan fingerprint density at radius 1 is 1.26 bits per heavy atom. The molecule has 7 heteroatoms. The van der Waals surface area contributed by atoms with Gasteiger partial charge in [-0.05, 0) is 33.3 Å². The number of amides is 2. The molecule has 7 nitrogen and oxygen atoms in total. The van der Waals surface area contributed by atoms with Gasteiger partial charge in [0.25, 0.3) is 5.91 Å². The molecule has 1 atom stereocenters. The Kier molecular flexibility index (Phi) is 5.41. The van der Waals surface area contributed by atoms with E-state index in [1.807, 2.05) is 10.7 Å². The summed E-state index contributed by atoms with van der Waals surface area (Å²) >= 11 is 0. The molecular formula is C16H27N5O2. The third kappa shape index (κ3) is 4.10. The zero-order valence-corrected chi connectivity index (χ0v) is 14.7. The molecule has 0 aromatic carbocycles. The molecule has 1 unspecified atom stereocenters. The van der Waals surface area contributed by atoms with Crippen LogP contribution in [0.5, 0.6) is 0 Å². The fourth-order valence-electron chi connectivity index (χ4n) is 2.76. The summed E-state index contributed by atoms with van der Waals surface area (Å²) in [7, 11) is 3.34. The van der Waals surface area contributed by atoms with Crippen molar-refractivity contribution in [1.82, 2.24) is 24.9 Å². The molecule has 1 aliphatic heterocycles. The lowest BCUT2D eigenvalue weighted by Gasteiger charge is -2.23. The highest BCUT2D eigenvalue weighted by Crippen LogP contribution is 2.16. The highest BCUT2D eigenvalue weighted by atomic mass is 16.2. The van der Waals surface area contributed by atoms with Crippen LogP contribution in [0.1, 0.15) is 43.4 Å². The standard InChI is InChI=1S/C16H27N5O2/c1-11(2)20-7-6-8-21-13(10-20)9-14(18-21)15(22)17-12(3)16(23)19(4)5/h9,11-12H,6-8,10H2,1-5H3,(H,17,22). The van der Waals surface area contributed by atoms with Crippen molar-refractivity contribution in [1.29, 1.82) is 0 Å². The Labute approximate surface area is 137 Å². The molecule has 0 spiro atoms. The fraction of sp³-hybridized carbons (Fsp3) is 0.688. The smallest absolute Gasteiger partial charge is 0.272 e. The van der Waals surface area contributed by atoms with Crippen LogP contribution in [0.25, 0.3) is 0 Å². The van der Waals surface area contributed by atoms with Gasteiger partial charge in [0.2, 0.25) is 5.91 Å². The molecule has 128 valence electrons. The van der Waals surface area contributed by atoms with Gasteiger partial charge in [0.15, 0.2) is 5.69 Å². The third-order valence-corrected chi connectivity index (χ3v) is 4.17. The van der Waals surface area contributed by atoms with E-state index < -0.39 is 6.04 Å². The fourth-order valence-corrected chi connectivity index (χ4v) is 2.76. The monoisotopic (exact) mass is 321 g/mol. The summed E-state index contributed by atoms with van der Waals surface area (Å²) in [5.41, 5.74) is 1.43. The lowest BCUT2D eigenvalue weighted by Crippen LogP contribution is -2.44. The number of nitrogens with one attached hydrogen (secondary N) is 1. The number of aryl methyl sites for hydroxylation is 1. The summed E-state index contributed by atoms with van der Waals surface area (Å²) in [6, 6.07) is 1.74. The minimum atomic E-state index is -0.564. The van der Waals surface area contributed by atoms with Crippen LogP contribution in [-0.4, -0.2) is 64.1 Å². The average molecular weight is 321 g/mol. The molecule has 2 amide bonds. The molecule has 2 rings (SSSR count). The van der Waals surface area contributed by atoms with Gasteiger partial charge in [-0.25, -0.2) is 0 Å². The zero-order chi connectivity index (χ0) is 17.1. The summed E-state index contributed by atoms with van der Waals surface area (Å²) in [5, 5.41) is 7.13. The summed E-state index contributed by atoms with van der Waals surface area (Å²) in [6.45, 7) is 8.68. The minimum Gasteiger partial charge on any atom is -0.347 e. The first-order valence-electron chi connectivity index (χ1n) is 8.12. The topological polar surface area (TPSA) is 70.5 Å². The Bertz CT molecular complexity index is 579. The van der Waals surface area contributed by atoms with Gasteiger partial charge in [-0.2, -0.15) is 5.10 Å². The van der Waals surface area contributed by atoms with E-state index in [1.54, 1.807) is 21.0 Å². The Morgan fingerprint density at radius 2 is 1.96 bits per heavy atom. The van der Waals surface area contributed by atoms with Gasteiger partial charge in [-0.15, -0.1) is 0 Å². The van der Waals surface area contributed by atoms with Crippen molar-refractivity contribution >= 4 is 11.8 Å². The lowest BCUT2D eigenvalue weighted by atomic mass is 10.2. The van der Waals surface area contributed by atoms with Crippen molar-refractivity contribution < 1.29 is 9.59 Å². The first kappa shape index (κ1) is 17.5. The second-order valence-electron chi connectivity index (χ2n) is 6.59. The van der Waals surface area contributed by atoms with Crippen LogP contribution < -0.4 is 5.32 Å². The highest BCUT2D eigenvalue weighted by Gasteiger charge is 2.23. The van der Waals surface area contributed by atoms with Gasteiger partial charge in [0, 0.05) is 39.8 Å². The first-order chi connectivity index (χ1) is 10.8. The molecule has 0 saturated heterocycles. The third-order valence-electron chi connectivity index (χ3n) is 4.17. The van der Waals surface area contributed by atoms with Crippen LogP contribution in [0, 0.1) is 0 Å². The number of hydrogen-bond acceptors (Lipinski definition) is 4. The van der Waals surface area contributed by atoms with Gasteiger partial charge in [-0.1, -0.05) is 0 Å². The quantitative estimate of drug-likeness (QED) is 0.886. The number of aromatic nitrogens is 2. The number of rotatable bonds is 4. The van der Waals surface area contributed by atoms with Crippen LogP contribution in [0.15, 0.2) is 6.07 Å². The Balaban J connectivity index is 2.09. The molecule has 0 radical (unpaired) electrons. The summed E-state index contributed by atoms with van der Waals surface area (Å²) in [4.78, 5) is 28.0. The van der Waals surface area contributed by atoms with Crippen molar-refractivity contribution in [3.05, 3.63) is 17.5 Å². The van der Waals surface area contributed by atoms with E-state index in [0.29, 0.717) is 11.7 Å². The highest BCUT2D eigenvalue weighted by molar-refractivity contribution is 5.95. The SMILES string of the molecule is CC(NC(=O)c1cc2n(n1)CCCN(C(C)C)C2)C(=O)N(C)C. The molecule has 0 aliphatic carbocycles. The summed E-state index contributed by atoms with van der Waals surface area (Å²) in [6.07, 6.45) is 1.02. The molecule has 23 heavy (non-hydrogen) atoms. The van der Waals surface area contributed by atoms with Gasteiger partial charge in [0.05, 0.1) is 5.69 Å². The molecule has 2 heterocycles. The van der Waals surface area contributed by atoms with Crippen molar-refractivity contribution in [2.24, 2.45) is 0 Å². The van der Waals surface area contributed by atoms with Crippen molar-refractivity contribution in [3.63, 3.8) is 0 Å². The van der Waals surface area contributed by atoms with Gasteiger partial charge >= 0.3 is 0 Å². The molecular weight excluding hydrogens is 294 g/mol.